The summed E-state index contributed by atoms with van der Waals surface area (Å²) in [5.41, 5.74) is 1.34. The van der Waals surface area contributed by atoms with Crippen molar-refractivity contribution in [1.82, 2.24) is 5.32 Å². The Balaban J connectivity index is 1.48. The molecule has 156 valence electrons. The van der Waals surface area contributed by atoms with Gasteiger partial charge in [0.1, 0.15) is 5.75 Å². The number of imide groups is 1. The quantitative estimate of drug-likeness (QED) is 0.694. The minimum atomic E-state index is -0.713. The molecule has 1 N–H and O–H groups in total. The van der Waals surface area contributed by atoms with Gasteiger partial charge >= 0.3 is 5.97 Å². The Morgan fingerprint density at radius 3 is 2.47 bits per heavy atom. The third-order valence-corrected chi connectivity index (χ3v) is 4.67. The first-order valence-corrected chi connectivity index (χ1v) is 9.44. The number of amides is 3. The molecule has 2 aromatic rings. The van der Waals surface area contributed by atoms with Gasteiger partial charge in [0.25, 0.3) is 5.91 Å². The molecule has 3 rings (SSSR count). The number of hydrogen-bond donors (Lipinski definition) is 1. The van der Waals surface area contributed by atoms with Crippen molar-refractivity contribution in [2.24, 2.45) is 5.92 Å². The van der Waals surface area contributed by atoms with Crippen LogP contribution in [0.2, 0.25) is 0 Å². The molecule has 0 aliphatic carbocycles. The lowest BCUT2D eigenvalue weighted by Gasteiger charge is -2.19. The summed E-state index contributed by atoms with van der Waals surface area (Å²) in [4.78, 5) is 49.9. The zero-order valence-electron chi connectivity index (χ0n) is 16.5. The summed E-state index contributed by atoms with van der Waals surface area (Å²) >= 11 is 0. The fourth-order valence-electron chi connectivity index (χ4n) is 3.22. The number of hydrogen-bond acceptors (Lipinski definition) is 6. The second-order valence-corrected chi connectivity index (χ2v) is 6.82. The maximum Gasteiger partial charge on any atom is 0.311 e. The zero-order valence-corrected chi connectivity index (χ0v) is 16.5. The van der Waals surface area contributed by atoms with Crippen LogP contribution in [0.1, 0.15) is 12.0 Å². The summed E-state index contributed by atoms with van der Waals surface area (Å²) in [5, 5.41) is 2.18. The molecule has 0 bridgehead atoms. The van der Waals surface area contributed by atoms with E-state index in [1.165, 1.54) is 12.0 Å². The second-order valence-electron chi connectivity index (χ2n) is 6.82. The number of nitrogens with one attached hydrogen (secondary N) is 1. The normalized spacial score (nSPS) is 15.6. The Hall–Kier alpha value is -3.68. The first kappa shape index (κ1) is 21.0. The smallest absolute Gasteiger partial charge is 0.311 e. The highest BCUT2D eigenvalue weighted by atomic mass is 16.5. The molecular formula is C22H22N2O6. The van der Waals surface area contributed by atoms with E-state index in [1.54, 1.807) is 48.5 Å². The number of anilines is 1. The average Bonchev–Trinajstić information content (AvgIpc) is 3.14. The number of nitrogens with zero attached hydrogens (tertiary/aromatic N) is 1. The van der Waals surface area contributed by atoms with Gasteiger partial charge in [-0.1, -0.05) is 42.5 Å². The Morgan fingerprint density at radius 2 is 1.73 bits per heavy atom. The lowest BCUT2D eigenvalue weighted by atomic mass is 10.1. The molecule has 0 radical (unpaired) electrons. The van der Waals surface area contributed by atoms with Crippen molar-refractivity contribution in [3.8, 4) is 5.75 Å². The van der Waals surface area contributed by atoms with Crippen molar-refractivity contribution in [3.05, 3.63) is 60.2 Å². The maximum atomic E-state index is 12.4. The maximum absolute atomic E-state index is 12.4. The predicted octanol–water partition coefficient (Wildman–Crippen LogP) is 1.48. The Bertz CT molecular complexity index is 944. The van der Waals surface area contributed by atoms with Gasteiger partial charge in [-0.05, 0) is 17.7 Å². The highest BCUT2D eigenvalue weighted by Crippen LogP contribution is 2.33. The van der Waals surface area contributed by atoms with E-state index >= 15 is 0 Å². The van der Waals surface area contributed by atoms with Crippen LogP contribution >= 0.6 is 0 Å². The molecule has 1 saturated heterocycles. The summed E-state index contributed by atoms with van der Waals surface area (Å²) in [6.07, 6.45) is 0.0248. The SMILES string of the molecule is COc1ccccc1N1C[C@@H](C(=O)OCC(=O)NC(=O)Cc2ccccc2)CC1=O. The number of ether oxygens (including phenoxy) is 2. The first-order valence-electron chi connectivity index (χ1n) is 9.44. The van der Waals surface area contributed by atoms with Gasteiger partial charge in [-0.15, -0.1) is 0 Å². The van der Waals surface area contributed by atoms with Crippen LogP contribution in [0.4, 0.5) is 5.69 Å². The summed E-state index contributed by atoms with van der Waals surface area (Å²) in [6.45, 7) is -0.453. The van der Waals surface area contributed by atoms with Gasteiger partial charge in [0, 0.05) is 13.0 Å². The fraction of sp³-hybridized carbons (Fsp3) is 0.273. The molecule has 8 heteroatoms. The van der Waals surface area contributed by atoms with Crippen LogP contribution in [-0.4, -0.2) is 44.0 Å². The van der Waals surface area contributed by atoms with Crippen molar-refractivity contribution in [1.29, 1.82) is 0 Å². The first-order chi connectivity index (χ1) is 14.5. The highest BCUT2D eigenvalue weighted by Gasteiger charge is 2.37. The summed E-state index contributed by atoms with van der Waals surface area (Å²) in [6, 6.07) is 16.0. The van der Waals surface area contributed by atoms with Gasteiger partial charge < -0.3 is 14.4 Å². The van der Waals surface area contributed by atoms with E-state index in [0.29, 0.717) is 11.4 Å². The molecule has 1 fully saturated rings. The largest absolute Gasteiger partial charge is 0.495 e. The number of carbonyl (C=O) groups excluding carboxylic acids is 4. The van der Waals surface area contributed by atoms with Gasteiger partial charge in [-0.3, -0.25) is 24.5 Å². The van der Waals surface area contributed by atoms with Crippen LogP contribution in [0.25, 0.3) is 0 Å². The molecule has 3 amide bonds. The topological polar surface area (TPSA) is 102 Å². The highest BCUT2D eigenvalue weighted by molar-refractivity contribution is 6.01. The van der Waals surface area contributed by atoms with Gasteiger partial charge in [-0.25, -0.2) is 0 Å². The van der Waals surface area contributed by atoms with E-state index in [2.05, 4.69) is 5.32 Å². The molecule has 0 spiro atoms. The molecule has 1 aliphatic heterocycles. The van der Waals surface area contributed by atoms with Crippen LogP contribution in [-0.2, 0) is 30.3 Å². The van der Waals surface area contributed by atoms with Gasteiger partial charge in [0.2, 0.25) is 11.8 Å². The van der Waals surface area contributed by atoms with Crippen molar-refractivity contribution in [3.63, 3.8) is 0 Å². The van der Waals surface area contributed by atoms with Crippen LogP contribution < -0.4 is 15.0 Å². The van der Waals surface area contributed by atoms with E-state index in [4.69, 9.17) is 9.47 Å². The summed E-state index contributed by atoms with van der Waals surface area (Å²) < 4.78 is 10.3. The van der Waals surface area contributed by atoms with E-state index in [9.17, 15) is 19.2 Å². The third-order valence-electron chi connectivity index (χ3n) is 4.67. The van der Waals surface area contributed by atoms with E-state index in [1.807, 2.05) is 6.07 Å². The number of rotatable bonds is 7. The molecule has 1 atom stereocenters. The molecule has 0 saturated carbocycles. The molecule has 30 heavy (non-hydrogen) atoms. The Labute approximate surface area is 173 Å². The Morgan fingerprint density at radius 1 is 1.03 bits per heavy atom. The Kier molecular flexibility index (Phi) is 6.79. The molecular weight excluding hydrogens is 388 g/mol. The summed E-state index contributed by atoms with van der Waals surface area (Å²) in [5.74, 6) is -2.27. The van der Waals surface area contributed by atoms with Crippen molar-refractivity contribution in [2.75, 3.05) is 25.2 Å². The molecule has 0 unspecified atom stereocenters. The lowest BCUT2D eigenvalue weighted by molar-refractivity contribution is -0.153. The standard InChI is InChI=1S/C22H22N2O6/c1-29-18-10-6-5-9-17(18)24-13-16(12-21(24)27)22(28)30-14-20(26)23-19(25)11-15-7-3-2-4-8-15/h2-10,16H,11-14H2,1H3,(H,23,25,26)/t16-/m0/s1. The van der Waals surface area contributed by atoms with Gasteiger partial charge in [0.15, 0.2) is 6.61 Å². The molecule has 2 aromatic carbocycles. The van der Waals surface area contributed by atoms with Gasteiger partial charge in [0.05, 0.1) is 25.1 Å². The van der Waals surface area contributed by atoms with Crippen LogP contribution in [0, 0.1) is 5.92 Å². The average molecular weight is 410 g/mol. The van der Waals surface area contributed by atoms with E-state index in [-0.39, 0.29) is 25.3 Å². The molecule has 1 aliphatic rings. The number of methoxy groups -OCH3 is 1. The van der Waals surface area contributed by atoms with Crippen LogP contribution in [0.15, 0.2) is 54.6 Å². The summed E-state index contributed by atoms with van der Waals surface area (Å²) in [7, 11) is 1.50. The fourth-order valence-corrected chi connectivity index (χ4v) is 3.22. The minimum absolute atomic E-state index is 0.0224. The minimum Gasteiger partial charge on any atom is -0.495 e. The van der Waals surface area contributed by atoms with Crippen LogP contribution in [0.5, 0.6) is 5.75 Å². The van der Waals surface area contributed by atoms with Crippen molar-refractivity contribution >= 4 is 29.4 Å². The molecule has 0 aromatic heterocycles. The predicted molar refractivity (Wildman–Crippen MR) is 108 cm³/mol. The second kappa shape index (κ2) is 9.69. The number of benzene rings is 2. The number of carbonyl (C=O) groups is 4. The third kappa shape index (κ3) is 5.22. The van der Waals surface area contributed by atoms with E-state index in [0.717, 1.165) is 5.56 Å². The monoisotopic (exact) mass is 410 g/mol. The lowest BCUT2D eigenvalue weighted by Crippen LogP contribution is -2.36. The zero-order chi connectivity index (χ0) is 21.5. The van der Waals surface area contributed by atoms with E-state index < -0.39 is 30.3 Å². The number of para-hydroxylation sites is 2. The molecule has 8 nitrogen and oxygen atoms in total. The van der Waals surface area contributed by atoms with Crippen LogP contribution in [0.3, 0.4) is 0 Å². The van der Waals surface area contributed by atoms with Crippen molar-refractivity contribution < 1.29 is 28.7 Å². The number of esters is 1. The van der Waals surface area contributed by atoms with Gasteiger partial charge in [-0.2, -0.15) is 0 Å². The van der Waals surface area contributed by atoms with Crippen molar-refractivity contribution in [2.45, 2.75) is 12.8 Å². The molecule has 1 heterocycles.